The van der Waals surface area contributed by atoms with E-state index in [9.17, 15) is 9.59 Å². The van der Waals surface area contributed by atoms with Crippen molar-refractivity contribution in [1.29, 1.82) is 0 Å². The number of carbonyl (C=O) groups excluding carboxylic acids is 2. The second-order valence-corrected chi connectivity index (χ2v) is 7.60. The van der Waals surface area contributed by atoms with E-state index in [1.54, 1.807) is 35.6 Å². The first-order valence-electron chi connectivity index (χ1n) is 9.09. The number of benzene rings is 2. The van der Waals surface area contributed by atoms with Crippen LogP contribution in [0, 0.1) is 20.8 Å². The average Bonchev–Trinajstić information content (AvgIpc) is 3.13. The molecule has 3 aromatic rings. The molecule has 0 aliphatic carbocycles. The summed E-state index contributed by atoms with van der Waals surface area (Å²) < 4.78 is 10.8. The standard InChI is InChI=1S/C22H22N2O4S/c1-14-5-4-6-20(15(14)2)24-21(25)12-28-22(26)17-7-9-19(10-8-17)27-11-18-13-29-16(3)23-18/h4-10,13H,11-12H2,1-3H3,(H,24,25). The van der Waals surface area contributed by atoms with Crippen LogP contribution in [0.5, 0.6) is 5.75 Å². The summed E-state index contributed by atoms with van der Waals surface area (Å²) in [5.41, 5.74) is 3.98. The molecule has 1 aromatic heterocycles. The van der Waals surface area contributed by atoms with Crippen molar-refractivity contribution in [3.05, 3.63) is 75.2 Å². The number of hydrogen-bond acceptors (Lipinski definition) is 6. The lowest BCUT2D eigenvalue weighted by molar-refractivity contribution is -0.119. The lowest BCUT2D eigenvalue weighted by Gasteiger charge is -2.11. The van der Waals surface area contributed by atoms with Crippen LogP contribution >= 0.6 is 11.3 Å². The van der Waals surface area contributed by atoms with Gasteiger partial charge in [0.2, 0.25) is 0 Å². The van der Waals surface area contributed by atoms with Crippen molar-refractivity contribution in [3.8, 4) is 5.75 Å². The van der Waals surface area contributed by atoms with Gasteiger partial charge in [-0.2, -0.15) is 0 Å². The number of carbonyl (C=O) groups is 2. The smallest absolute Gasteiger partial charge is 0.338 e. The molecule has 7 heteroatoms. The van der Waals surface area contributed by atoms with Gasteiger partial charge in [0.05, 0.1) is 16.3 Å². The first-order valence-corrected chi connectivity index (χ1v) is 9.97. The molecular formula is C22H22N2O4S. The molecule has 1 N–H and O–H groups in total. The molecule has 150 valence electrons. The Balaban J connectivity index is 1.48. The molecule has 0 fully saturated rings. The van der Waals surface area contributed by atoms with Crippen LogP contribution in [-0.4, -0.2) is 23.5 Å². The topological polar surface area (TPSA) is 77.5 Å². The van der Waals surface area contributed by atoms with Gasteiger partial charge in [-0.25, -0.2) is 9.78 Å². The number of nitrogens with zero attached hydrogens (tertiary/aromatic N) is 1. The van der Waals surface area contributed by atoms with E-state index in [4.69, 9.17) is 9.47 Å². The van der Waals surface area contributed by atoms with E-state index in [0.717, 1.165) is 21.8 Å². The maximum atomic E-state index is 12.2. The van der Waals surface area contributed by atoms with Crippen molar-refractivity contribution >= 4 is 28.9 Å². The minimum atomic E-state index is -0.567. The molecule has 0 saturated carbocycles. The number of rotatable bonds is 7. The molecule has 0 saturated heterocycles. The van der Waals surface area contributed by atoms with E-state index in [1.165, 1.54) is 0 Å². The molecule has 0 aliphatic heterocycles. The number of hydrogen-bond donors (Lipinski definition) is 1. The molecule has 0 atom stereocenters. The summed E-state index contributed by atoms with van der Waals surface area (Å²) in [6.45, 7) is 5.85. The van der Waals surface area contributed by atoms with Crippen molar-refractivity contribution in [2.45, 2.75) is 27.4 Å². The minimum Gasteiger partial charge on any atom is -0.487 e. The monoisotopic (exact) mass is 410 g/mol. The van der Waals surface area contributed by atoms with E-state index in [2.05, 4.69) is 10.3 Å². The fraction of sp³-hybridized carbons (Fsp3) is 0.227. The lowest BCUT2D eigenvalue weighted by atomic mass is 10.1. The summed E-state index contributed by atoms with van der Waals surface area (Å²) in [7, 11) is 0. The first kappa shape index (κ1) is 20.5. The summed E-state index contributed by atoms with van der Waals surface area (Å²) in [6.07, 6.45) is 0. The normalized spacial score (nSPS) is 10.4. The second kappa shape index (κ2) is 9.34. The molecule has 29 heavy (non-hydrogen) atoms. The van der Waals surface area contributed by atoms with Crippen molar-refractivity contribution in [2.24, 2.45) is 0 Å². The van der Waals surface area contributed by atoms with E-state index >= 15 is 0 Å². The van der Waals surface area contributed by atoms with Crippen molar-refractivity contribution < 1.29 is 19.1 Å². The third-order valence-corrected chi connectivity index (χ3v) is 5.18. The molecule has 0 radical (unpaired) electrons. The third kappa shape index (κ3) is 5.65. The molecule has 0 aliphatic rings. The maximum absolute atomic E-state index is 12.2. The van der Waals surface area contributed by atoms with Crippen molar-refractivity contribution in [2.75, 3.05) is 11.9 Å². The number of aromatic nitrogens is 1. The molecule has 6 nitrogen and oxygen atoms in total. The zero-order chi connectivity index (χ0) is 20.8. The quantitative estimate of drug-likeness (QED) is 0.583. The highest BCUT2D eigenvalue weighted by molar-refractivity contribution is 7.09. The largest absolute Gasteiger partial charge is 0.487 e. The summed E-state index contributed by atoms with van der Waals surface area (Å²) in [4.78, 5) is 28.6. The Kier molecular flexibility index (Phi) is 6.61. The van der Waals surface area contributed by atoms with Crippen molar-refractivity contribution in [3.63, 3.8) is 0 Å². The average molecular weight is 410 g/mol. The highest BCUT2D eigenvalue weighted by Gasteiger charge is 2.12. The van der Waals surface area contributed by atoms with Gasteiger partial charge in [-0.05, 0) is 62.2 Å². The van der Waals surface area contributed by atoms with E-state index in [0.29, 0.717) is 23.6 Å². The Hall–Kier alpha value is -3.19. The fourth-order valence-electron chi connectivity index (χ4n) is 2.61. The molecule has 1 heterocycles. The summed E-state index contributed by atoms with van der Waals surface area (Å²) in [6, 6.07) is 12.2. The van der Waals surface area contributed by atoms with Gasteiger partial charge in [0, 0.05) is 11.1 Å². The molecule has 3 rings (SSSR count). The molecule has 0 bridgehead atoms. The highest BCUT2D eigenvalue weighted by atomic mass is 32.1. The van der Waals surface area contributed by atoms with Gasteiger partial charge in [-0.15, -0.1) is 11.3 Å². The van der Waals surface area contributed by atoms with Gasteiger partial charge in [-0.3, -0.25) is 4.79 Å². The predicted octanol–water partition coefficient (Wildman–Crippen LogP) is 4.44. The van der Waals surface area contributed by atoms with Crippen LogP contribution in [0.2, 0.25) is 0 Å². The van der Waals surface area contributed by atoms with Crippen LogP contribution in [0.3, 0.4) is 0 Å². The number of esters is 1. The zero-order valence-corrected chi connectivity index (χ0v) is 17.3. The van der Waals surface area contributed by atoms with Gasteiger partial charge < -0.3 is 14.8 Å². The van der Waals surface area contributed by atoms with Crippen LogP contribution in [0.25, 0.3) is 0 Å². The molecule has 0 unspecified atom stereocenters. The van der Waals surface area contributed by atoms with Crippen LogP contribution in [-0.2, 0) is 16.1 Å². The molecule has 2 aromatic carbocycles. The van der Waals surface area contributed by atoms with Crippen molar-refractivity contribution in [1.82, 2.24) is 4.98 Å². The number of ether oxygens (including phenoxy) is 2. The summed E-state index contributed by atoms with van der Waals surface area (Å²) >= 11 is 1.57. The van der Waals surface area contributed by atoms with Gasteiger partial charge in [-0.1, -0.05) is 12.1 Å². The first-order chi connectivity index (χ1) is 13.9. The Morgan fingerprint density at radius 3 is 2.52 bits per heavy atom. The van der Waals surface area contributed by atoms with E-state index < -0.39 is 5.97 Å². The third-order valence-electron chi connectivity index (χ3n) is 4.36. The number of nitrogens with one attached hydrogen (secondary N) is 1. The number of aryl methyl sites for hydroxylation is 2. The maximum Gasteiger partial charge on any atom is 0.338 e. The molecule has 1 amide bonds. The predicted molar refractivity (Wildman–Crippen MR) is 112 cm³/mol. The second-order valence-electron chi connectivity index (χ2n) is 6.54. The van der Waals surface area contributed by atoms with E-state index in [-0.39, 0.29) is 12.5 Å². The van der Waals surface area contributed by atoms with Crippen LogP contribution < -0.4 is 10.1 Å². The number of amides is 1. The Labute approximate surface area is 173 Å². The highest BCUT2D eigenvalue weighted by Crippen LogP contribution is 2.18. The molecule has 0 spiro atoms. The van der Waals surface area contributed by atoms with Crippen LogP contribution in [0.1, 0.15) is 32.2 Å². The van der Waals surface area contributed by atoms with Gasteiger partial charge >= 0.3 is 5.97 Å². The van der Waals surface area contributed by atoms with Crippen LogP contribution in [0.15, 0.2) is 47.8 Å². The number of anilines is 1. The Morgan fingerprint density at radius 1 is 1.07 bits per heavy atom. The van der Waals surface area contributed by atoms with Gasteiger partial charge in [0.1, 0.15) is 12.4 Å². The Morgan fingerprint density at radius 2 is 1.83 bits per heavy atom. The Bertz CT molecular complexity index is 1010. The SMILES string of the molecule is Cc1nc(COc2ccc(C(=O)OCC(=O)Nc3cccc(C)c3C)cc2)cs1. The number of thiazole rings is 1. The fourth-order valence-corrected chi connectivity index (χ4v) is 3.20. The zero-order valence-electron chi connectivity index (χ0n) is 16.5. The lowest BCUT2D eigenvalue weighted by Crippen LogP contribution is -2.21. The molecular weight excluding hydrogens is 388 g/mol. The van der Waals surface area contributed by atoms with Gasteiger partial charge in [0.25, 0.3) is 5.91 Å². The summed E-state index contributed by atoms with van der Waals surface area (Å²) in [5, 5.41) is 5.70. The van der Waals surface area contributed by atoms with Crippen LogP contribution in [0.4, 0.5) is 5.69 Å². The summed E-state index contributed by atoms with van der Waals surface area (Å²) in [5.74, 6) is -0.326. The minimum absolute atomic E-state index is 0.349. The van der Waals surface area contributed by atoms with E-state index in [1.807, 2.05) is 44.4 Å². The van der Waals surface area contributed by atoms with Gasteiger partial charge in [0.15, 0.2) is 6.61 Å².